The molecule has 150 valence electrons. The molecular formula is C24H22N4O2. The summed E-state index contributed by atoms with van der Waals surface area (Å²) in [6.07, 6.45) is 0. The maximum atomic E-state index is 12.9. The van der Waals surface area contributed by atoms with Gasteiger partial charge in [-0.1, -0.05) is 18.2 Å². The zero-order valence-electron chi connectivity index (χ0n) is 17.1. The fraction of sp³-hybridized carbons (Fsp3) is 0.125. The van der Waals surface area contributed by atoms with Crippen molar-refractivity contribution < 1.29 is 4.79 Å². The molecule has 0 saturated heterocycles. The minimum absolute atomic E-state index is 0.119. The molecule has 4 rings (SSSR count). The molecule has 0 atom stereocenters. The Kier molecular flexibility index (Phi) is 5.06. The van der Waals surface area contributed by atoms with Gasteiger partial charge in [0, 0.05) is 11.4 Å². The molecule has 0 unspecified atom stereocenters. The number of fused-ring (bicyclic) bond motifs is 1. The molecular weight excluding hydrogens is 376 g/mol. The van der Waals surface area contributed by atoms with Crippen molar-refractivity contribution in [1.29, 1.82) is 0 Å². The van der Waals surface area contributed by atoms with E-state index < -0.39 is 0 Å². The first-order chi connectivity index (χ1) is 14.4. The van der Waals surface area contributed by atoms with E-state index in [0.717, 1.165) is 16.8 Å². The molecule has 0 fully saturated rings. The largest absolute Gasteiger partial charge is 0.323 e. The van der Waals surface area contributed by atoms with Crippen LogP contribution in [0.25, 0.3) is 16.6 Å². The normalized spacial score (nSPS) is 10.8. The fourth-order valence-corrected chi connectivity index (χ4v) is 3.58. The van der Waals surface area contributed by atoms with Crippen LogP contribution in [0.5, 0.6) is 0 Å². The van der Waals surface area contributed by atoms with E-state index in [4.69, 9.17) is 0 Å². The van der Waals surface area contributed by atoms with Gasteiger partial charge in [0.05, 0.1) is 16.6 Å². The number of hydrogen-bond acceptors (Lipinski definition) is 3. The van der Waals surface area contributed by atoms with Crippen LogP contribution in [-0.4, -0.2) is 15.6 Å². The average molecular weight is 398 g/mol. The van der Waals surface area contributed by atoms with Gasteiger partial charge in [0.1, 0.15) is 5.82 Å². The molecule has 2 amide bonds. The predicted molar refractivity (Wildman–Crippen MR) is 121 cm³/mol. The lowest BCUT2D eigenvalue weighted by molar-refractivity contribution is 0.262. The van der Waals surface area contributed by atoms with Gasteiger partial charge in [-0.15, -0.1) is 0 Å². The highest BCUT2D eigenvalue weighted by Crippen LogP contribution is 2.17. The Balaban J connectivity index is 1.55. The molecule has 3 aromatic carbocycles. The van der Waals surface area contributed by atoms with Crippen LogP contribution in [0, 0.1) is 20.8 Å². The average Bonchev–Trinajstić information content (AvgIpc) is 2.68. The van der Waals surface area contributed by atoms with Crippen LogP contribution in [0.4, 0.5) is 16.2 Å². The van der Waals surface area contributed by atoms with Gasteiger partial charge in [-0.3, -0.25) is 9.36 Å². The second kappa shape index (κ2) is 7.83. The highest BCUT2D eigenvalue weighted by molar-refractivity contribution is 5.99. The highest BCUT2D eigenvalue weighted by atomic mass is 16.2. The van der Waals surface area contributed by atoms with E-state index in [1.54, 1.807) is 41.8 Å². The van der Waals surface area contributed by atoms with Crippen molar-refractivity contribution in [2.45, 2.75) is 20.8 Å². The summed E-state index contributed by atoms with van der Waals surface area (Å²) in [6, 6.07) is 19.9. The molecule has 0 spiro atoms. The Labute approximate surface area is 174 Å². The quantitative estimate of drug-likeness (QED) is 0.512. The zero-order valence-corrected chi connectivity index (χ0v) is 17.1. The number of nitrogens with one attached hydrogen (secondary N) is 2. The molecule has 2 N–H and O–H groups in total. The summed E-state index contributed by atoms with van der Waals surface area (Å²) in [5.41, 5.74) is 4.78. The van der Waals surface area contributed by atoms with Gasteiger partial charge in [-0.2, -0.15) is 0 Å². The third kappa shape index (κ3) is 3.93. The molecule has 1 heterocycles. The van der Waals surface area contributed by atoms with Crippen molar-refractivity contribution in [3.63, 3.8) is 0 Å². The van der Waals surface area contributed by atoms with Gasteiger partial charge in [-0.05, 0) is 80.4 Å². The van der Waals surface area contributed by atoms with Crippen molar-refractivity contribution in [3.05, 3.63) is 94.0 Å². The number of urea groups is 1. The fourth-order valence-electron chi connectivity index (χ4n) is 3.58. The third-order valence-electron chi connectivity index (χ3n) is 4.81. The van der Waals surface area contributed by atoms with Crippen LogP contribution < -0.4 is 16.2 Å². The standard InChI is InChI=1S/C24H22N4O2/c1-15-12-16(2)14-19(13-15)27-24(30)26-18-8-10-20(11-9-18)28-17(3)25-22-7-5-4-6-21(22)23(28)29/h4-14H,1-3H3,(H2,26,27,30). The first-order valence-corrected chi connectivity index (χ1v) is 9.66. The predicted octanol–water partition coefficient (Wildman–Crippen LogP) is 4.95. The number of amides is 2. The Hall–Kier alpha value is -3.93. The molecule has 0 saturated carbocycles. The summed E-state index contributed by atoms with van der Waals surface area (Å²) >= 11 is 0. The van der Waals surface area contributed by atoms with Gasteiger partial charge in [0.2, 0.25) is 0 Å². The first kappa shape index (κ1) is 19.4. The summed E-state index contributed by atoms with van der Waals surface area (Å²) in [4.78, 5) is 29.8. The Morgan fingerprint density at radius 1 is 0.833 bits per heavy atom. The second-order valence-corrected chi connectivity index (χ2v) is 7.32. The Morgan fingerprint density at radius 3 is 2.17 bits per heavy atom. The lowest BCUT2D eigenvalue weighted by Gasteiger charge is -2.12. The molecule has 0 aliphatic rings. The summed E-state index contributed by atoms with van der Waals surface area (Å²) in [5, 5.41) is 6.22. The maximum absolute atomic E-state index is 12.9. The molecule has 0 aliphatic heterocycles. The number of aromatic nitrogens is 2. The monoisotopic (exact) mass is 398 g/mol. The molecule has 0 aliphatic carbocycles. The van der Waals surface area contributed by atoms with Crippen molar-refractivity contribution in [2.75, 3.05) is 10.6 Å². The van der Waals surface area contributed by atoms with E-state index in [1.165, 1.54) is 0 Å². The van der Waals surface area contributed by atoms with Gasteiger partial charge in [-0.25, -0.2) is 9.78 Å². The number of hydrogen-bond donors (Lipinski definition) is 2. The van der Waals surface area contributed by atoms with Crippen LogP contribution in [0.1, 0.15) is 17.0 Å². The van der Waals surface area contributed by atoms with Crippen molar-refractivity contribution >= 4 is 28.3 Å². The lowest BCUT2D eigenvalue weighted by atomic mass is 10.1. The summed E-state index contributed by atoms with van der Waals surface area (Å²) in [6.45, 7) is 5.78. The first-order valence-electron chi connectivity index (χ1n) is 9.66. The molecule has 0 radical (unpaired) electrons. The van der Waals surface area contributed by atoms with Gasteiger partial charge < -0.3 is 10.6 Å². The molecule has 0 bridgehead atoms. The highest BCUT2D eigenvalue weighted by Gasteiger charge is 2.10. The molecule has 6 nitrogen and oxygen atoms in total. The Bertz CT molecular complexity index is 1290. The number of para-hydroxylation sites is 1. The minimum atomic E-state index is -0.325. The van der Waals surface area contributed by atoms with Gasteiger partial charge in [0.25, 0.3) is 5.56 Å². The zero-order chi connectivity index (χ0) is 21.3. The number of nitrogens with zero attached hydrogens (tertiary/aromatic N) is 2. The van der Waals surface area contributed by atoms with Crippen LogP contribution in [0.3, 0.4) is 0 Å². The van der Waals surface area contributed by atoms with Gasteiger partial charge >= 0.3 is 6.03 Å². The van der Waals surface area contributed by atoms with E-state index >= 15 is 0 Å². The van der Waals surface area contributed by atoms with Crippen LogP contribution in [0.15, 0.2) is 71.5 Å². The van der Waals surface area contributed by atoms with E-state index in [9.17, 15) is 9.59 Å². The molecule has 4 aromatic rings. The third-order valence-corrected chi connectivity index (χ3v) is 4.81. The van der Waals surface area contributed by atoms with Crippen LogP contribution in [-0.2, 0) is 0 Å². The molecule has 1 aromatic heterocycles. The number of benzene rings is 3. The van der Waals surface area contributed by atoms with Crippen molar-refractivity contribution in [3.8, 4) is 5.69 Å². The number of aryl methyl sites for hydroxylation is 3. The molecule has 6 heteroatoms. The smallest absolute Gasteiger partial charge is 0.308 e. The van der Waals surface area contributed by atoms with E-state index in [0.29, 0.717) is 28.1 Å². The van der Waals surface area contributed by atoms with E-state index in [2.05, 4.69) is 15.6 Å². The number of carbonyl (C=O) groups is 1. The van der Waals surface area contributed by atoms with Crippen LogP contribution >= 0.6 is 0 Å². The second-order valence-electron chi connectivity index (χ2n) is 7.32. The number of carbonyl (C=O) groups excluding carboxylic acids is 1. The van der Waals surface area contributed by atoms with E-state index in [1.807, 2.05) is 50.2 Å². The summed E-state index contributed by atoms with van der Waals surface area (Å²) in [5.74, 6) is 0.604. The topological polar surface area (TPSA) is 76.0 Å². The van der Waals surface area contributed by atoms with Crippen molar-refractivity contribution in [1.82, 2.24) is 9.55 Å². The van der Waals surface area contributed by atoms with Gasteiger partial charge in [0.15, 0.2) is 0 Å². The minimum Gasteiger partial charge on any atom is -0.308 e. The van der Waals surface area contributed by atoms with Crippen LogP contribution in [0.2, 0.25) is 0 Å². The summed E-state index contributed by atoms with van der Waals surface area (Å²) < 4.78 is 1.57. The van der Waals surface area contributed by atoms with Crippen molar-refractivity contribution in [2.24, 2.45) is 0 Å². The molecule has 30 heavy (non-hydrogen) atoms. The summed E-state index contributed by atoms with van der Waals surface area (Å²) in [7, 11) is 0. The van der Waals surface area contributed by atoms with E-state index in [-0.39, 0.29) is 11.6 Å². The SMILES string of the molecule is Cc1cc(C)cc(NC(=O)Nc2ccc(-n3c(C)nc4ccccc4c3=O)cc2)c1. The number of anilines is 2. The Morgan fingerprint density at radius 2 is 1.47 bits per heavy atom. The maximum Gasteiger partial charge on any atom is 0.323 e. The lowest BCUT2D eigenvalue weighted by Crippen LogP contribution is -2.22. The number of rotatable bonds is 3.